The molecule has 16 nitrogen and oxygen atoms in total. The van der Waals surface area contributed by atoms with Crippen molar-refractivity contribution < 1.29 is 32.8 Å². The standard InChI is InChI=1S/C45H57N8O8P/c1-29(2)26-47-43-49-40-37(41(54)50-43)48-28-51(40)42-38-39(60-62(58-25-13-24-46)53(30(3)4)31(5)6)44(59-42,27-52(38)57-9)61-45(32-14-11-10-12-15-32,33-16-20-35(55-7)21-17-33)34-18-22-36(56-8)23-19-34/h10-12,14-23,28-31,38-39,42H,13,25-27H2,1-9H3,(H2,47,49,50,54)/t38-,39+,42+,44+,62?/m1/s1. The van der Waals surface area contributed by atoms with Gasteiger partial charge in [-0.1, -0.05) is 68.4 Å². The number of benzene rings is 3. The van der Waals surface area contributed by atoms with Gasteiger partial charge in [-0.05, 0) is 74.6 Å². The number of imidazole rings is 1. The maximum absolute atomic E-state index is 13.5. The van der Waals surface area contributed by atoms with E-state index in [1.807, 2.05) is 78.9 Å². The van der Waals surface area contributed by atoms with Crippen molar-refractivity contribution in [1.29, 1.82) is 5.26 Å². The molecule has 2 aliphatic heterocycles. The molecule has 5 atom stereocenters. The first-order chi connectivity index (χ1) is 29.9. The lowest BCUT2D eigenvalue weighted by atomic mass is 9.79. The number of fused-ring (bicyclic) bond motifs is 3. The van der Waals surface area contributed by atoms with E-state index in [2.05, 4.69) is 67.6 Å². The fourth-order valence-electron chi connectivity index (χ4n) is 8.31. The van der Waals surface area contributed by atoms with Gasteiger partial charge in [0.2, 0.25) is 11.7 Å². The predicted octanol–water partition coefficient (Wildman–Crippen LogP) is 7.35. The molecule has 2 fully saturated rings. The first-order valence-electron chi connectivity index (χ1n) is 20.9. The van der Waals surface area contributed by atoms with E-state index in [1.165, 1.54) is 0 Å². The molecule has 17 heteroatoms. The molecule has 0 saturated carbocycles. The first kappa shape index (κ1) is 45.1. The minimum Gasteiger partial charge on any atom is -0.497 e. The largest absolute Gasteiger partial charge is 0.497 e. The van der Waals surface area contributed by atoms with Crippen LogP contribution in [-0.4, -0.2) is 100 Å². The lowest BCUT2D eigenvalue weighted by molar-refractivity contribution is -0.328. The van der Waals surface area contributed by atoms with Crippen molar-refractivity contribution in [3.63, 3.8) is 0 Å². The molecule has 330 valence electrons. The van der Waals surface area contributed by atoms with Crippen LogP contribution in [0.4, 0.5) is 5.95 Å². The van der Waals surface area contributed by atoms with Gasteiger partial charge in [-0.3, -0.25) is 14.3 Å². The highest BCUT2D eigenvalue weighted by atomic mass is 31.2. The van der Waals surface area contributed by atoms with Crippen LogP contribution in [0.5, 0.6) is 11.5 Å². The number of nitriles is 1. The molecule has 0 amide bonds. The molecule has 2 N–H and O–H groups in total. The van der Waals surface area contributed by atoms with E-state index in [4.69, 9.17) is 37.8 Å². The maximum atomic E-state index is 13.5. The highest BCUT2D eigenvalue weighted by Gasteiger charge is 2.70. The fourth-order valence-corrected chi connectivity index (χ4v) is 10.1. The van der Waals surface area contributed by atoms with Gasteiger partial charge in [-0.2, -0.15) is 15.3 Å². The normalized spacial score (nSPS) is 20.7. The molecular weight excluding hydrogens is 812 g/mol. The summed E-state index contributed by atoms with van der Waals surface area (Å²) in [4.78, 5) is 32.0. The van der Waals surface area contributed by atoms with Gasteiger partial charge in [-0.15, -0.1) is 0 Å². The van der Waals surface area contributed by atoms with E-state index in [-0.39, 0.29) is 37.2 Å². The Kier molecular flexibility index (Phi) is 14.0. The third-order valence-corrected chi connectivity index (χ3v) is 13.2. The molecule has 62 heavy (non-hydrogen) atoms. The third kappa shape index (κ3) is 8.69. The number of aromatic amines is 1. The molecule has 0 radical (unpaired) electrons. The summed E-state index contributed by atoms with van der Waals surface area (Å²) in [5.41, 5.74) is 1.07. The third-order valence-electron chi connectivity index (χ3n) is 11.0. The second kappa shape index (κ2) is 19.2. The van der Waals surface area contributed by atoms with Gasteiger partial charge in [0.25, 0.3) is 14.1 Å². The summed E-state index contributed by atoms with van der Waals surface area (Å²) in [5, 5.41) is 14.6. The molecular formula is C45H57N8O8P. The summed E-state index contributed by atoms with van der Waals surface area (Å²) in [5.74, 6) is 0.337. The van der Waals surface area contributed by atoms with Gasteiger partial charge in [0.15, 0.2) is 17.4 Å². The number of aromatic nitrogens is 4. The van der Waals surface area contributed by atoms with Crippen LogP contribution in [0.15, 0.2) is 90.0 Å². The van der Waals surface area contributed by atoms with Crippen molar-refractivity contribution in [3.05, 3.63) is 112 Å². The van der Waals surface area contributed by atoms with Crippen LogP contribution in [0.25, 0.3) is 11.2 Å². The molecule has 3 aromatic carbocycles. The SMILES string of the molecule is COc1ccc(C(O[C@]23CN(OC)[C@@H]([C@@H](n4cnc5c(=O)[nH]c(NCC(C)C)nc54)O2)[C@@H]3OP(OCCC#N)N(C(C)C)C(C)C)(c2ccccc2)c2ccc(OC)cc2)cc1. The average Bonchev–Trinajstić information content (AvgIpc) is 3.93. The smallest absolute Gasteiger partial charge is 0.280 e. The van der Waals surface area contributed by atoms with Crippen LogP contribution >= 0.6 is 8.53 Å². The van der Waals surface area contributed by atoms with E-state index in [0.717, 1.165) is 16.7 Å². The van der Waals surface area contributed by atoms with Crippen LogP contribution in [0, 0.1) is 17.2 Å². The van der Waals surface area contributed by atoms with E-state index < -0.39 is 43.8 Å². The van der Waals surface area contributed by atoms with Gasteiger partial charge in [0, 0.05) is 18.6 Å². The molecule has 4 heterocycles. The Morgan fingerprint density at radius 2 is 1.56 bits per heavy atom. The molecule has 2 aliphatic rings. The summed E-state index contributed by atoms with van der Waals surface area (Å²) < 4.78 is 44.3. The van der Waals surface area contributed by atoms with E-state index in [0.29, 0.717) is 35.6 Å². The lowest BCUT2D eigenvalue weighted by Gasteiger charge is -2.45. The van der Waals surface area contributed by atoms with E-state index >= 15 is 0 Å². The van der Waals surface area contributed by atoms with Crippen molar-refractivity contribution in [1.82, 2.24) is 29.3 Å². The molecule has 2 saturated heterocycles. The zero-order valence-corrected chi connectivity index (χ0v) is 37.7. The Labute approximate surface area is 363 Å². The molecule has 2 bridgehead atoms. The number of hydrogen-bond acceptors (Lipinski definition) is 14. The van der Waals surface area contributed by atoms with Crippen molar-refractivity contribution in [2.75, 3.05) is 46.3 Å². The quantitative estimate of drug-likeness (QED) is 0.0452. The number of anilines is 1. The summed E-state index contributed by atoms with van der Waals surface area (Å²) in [6, 6.07) is 27.0. The van der Waals surface area contributed by atoms with Crippen LogP contribution in [-0.2, 0) is 29.0 Å². The van der Waals surface area contributed by atoms with Crippen LogP contribution < -0.4 is 20.3 Å². The van der Waals surface area contributed by atoms with E-state index in [1.54, 1.807) is 37.3 Å². The minimum atomic E-state index is -1.84. The second-order valence-electron chi connectivity index (χ2n) is 16.3. The number of hydrogen-bond donors (Lipinski definition) is 2. The Hall–Kier alpha value is -4.95. The number of rotatable bonds is 20. The summed E-state index contributed by atoms with van der Waals surface area (Å²) >= 11 is 0. The van der Waals surface area contributed by atoms with E-state index in [9.17, 15) is 10.1 Å². The van der Waals surface area contributed by atoms with Crippen molar-refractivity contribution in [3.8, 4) is 17.6 Å². The van der Waals surface area contributed by atoms with Gasteiger partial charge in [0.1, 0.15) is 29.2 Å². The molecule has 1 unspecified atom stereocenters. The molecule has 0 spiro atoms. The molecule has 7 rings (SSSR count). The molecule has 2 aromatic heterocycles. The number of morpholine rings is 1. The monoisotopic (exact) mass is 868 g/mol. The van der Waals surface area contributed by atoms with Crippen LogP contribution in [0.1, 0.15) is 70.9 Å². The Balaban J connectivity index is 1.47. The number of hydroxylamine groups is 2. The van der Waals surface area contributed by atoms with Crippen LogP contribution in [0.3, 0.4) is 0 Å². The fraction of sp³-hybridized carbons (Fsp3) is 0.467. The number of ether oxygens (including phenoxy) is 4. The highest BCUT2D eigenvalue weighted by Crippen LogP contribution is 2.59. The summed E-state index contributed by atoms with van der Waals surface area (Å²) in [6.45, 7) is 13.3. The van der Waals surface area contributed by atoms with Gasteiger partial charge < -0.3 is 38.1 Å². The highest BCUT2D eigenvalue weighted by molar-refractivity contribution is 7.44. The Morgan fingerprint density at radius 3 is 2.11 bits per heavy atom. The number of nitrogens with one attached hydrogen (secondary N) is 2. The second-order valence-corrected chi connectivity index (χ2v) is 17.7. The minimum absolute atomic E-state index is 0.00153. The van der Waals surface area contributed by atoms with Crippen LogP contribution in [0.2, 0.25) is 0 Å². The zero-order valence-electron chi connectivity index (χ0n) is 36.8. The Bertz CT molecular complexity index is 2300. The molecule has 0 aliphatic carbocycles. The summed E-state index contributed by atoms with van der Waals surface area (Å²) in [7, 11) is 3.02. The maximum Gasteiger partial charge on any atom is 0.280 e. The van der Waals surface area contributed by atoms with Crippen molar-refractivity contribution >= 4 is 25.6 Å². The topological polar surface area (TPSA) is 170 Å². The lowest BCUT2D eigenvalue weighted by Crippen LogP contribution is -2.53. The number of H-pyrrole nitrogens is 1. The average molecular weight is 869 g/mol. The molecule has 5 aromatic rings. The van der Waals surface area contributed by atoms with Gasteiger partial charge in [0.05, 0.1) is 53.3 Å². The van der Waals surface area contributed by atoms with Crippen molar-refractivity contribution in [2.45, 2.75) is 89.8 Å². The predicted molar refractivity (Wildman–Crippen MR) is 235 cm³/mol. The van der Waals surface area contributed by atoms with Gasteiger partial charge in [-0.25, -0.2) is 9.65 Å². The zero-order chi connectivity index (χ0) is 44.2. The number of nitrogens with zero attached hydrogens (tertiary/aromatic N) is 6. The Morgan fingerprint density at radius 1 is 0.952 bits per heavy atom. The first-order valence-corrected chi connectivity index (χ1v) is 22.0. The van der Waals surface area contributed by atoms with Gasteiger partial charge >= 0.3 is 0 Å². The van der Waals surface area contributed by atoms with Crippen molar-refractivity contribution in [2.24, 2.45) is 5.92 Å². The number of methoxy groups -OCH3 is 2. The summed E-state index contributed by atoms with van der Waals surface area (Å²) in [6.07, 6.45) is -0.0839.